The lowest BCUT2D eigenvalue weighted by atomic mass is 10.0. The second-order valence-electron chi connectivity index (χ2n) is 5.37. The molecule has 1 N–H and O–H groups in total. The molecule has 0 radical (unpaired) electrons. The van der Waals surface area contributed by atoms with Gasteiger partial charge in [-0.3, -0.25) is 4.90 Å². The molecule has 2 heterocycles. The van der Waals surface area contributed by atoms with Crippen molar-refractivity contribution in [2.45, 2.75) is 44.3 Å². The maximum absolute atomic E-state index is 3.67. The zero-order chi connectivity index (χ0) is 11.5. The fourth-order valence-electron chi connectivity index (χ4n) is 3.34. The van der Waals surface area contributed by atoms with Gasteiger partial charge in [0.15, 0.2) is 0 Å². The average Bonchev–Trinajstić information content (AvgIpc) is 2.75. The number of hydrogen-bond acceptors (Lipinski definition) is 2. The second kappa shape index (κ2) is 5.19. The van der Waals surface area contributed by atoms with Crippen LogP contribution in [0.4, 0.5) is 0 Å². The largest absolute Gasteiger partial charge is 0.312 e. The summed E-state index contributed by atoms with van der Waals surface area (Å²) in [5, 5.41) is 3.67. The van der Waals surface area contributed by atoms with Crippen molar-refractivity contribution in [2.75, 3.05) is 13.1 Å². The Balaban J connectivity index is 1.72. The lowest BCUT2D eigenvalue weighted by Gasteiger charge is -2.30. The van der Waals surface area contributed by atoms with Gasteiger partial charge in [-0.2, -0.15) is 0 Å². The molecule has 2 atom stereocenters. The molecule has 2 saturated heterocycles. The number of nitrogens with one attached hydrogen (secondary N) is 1. The van der Waals surface area contributed by atoms with Crippen LogP contribution in [0.3, 0.4) is 0 Å². The monoisotopic (exact) mass is 230 g/mol. The first-order valence-corrected chi connectivity index (χ1v) is 6.95. The quantitative estimate of drug-likeness (QED) is 0.839. The van der Waals surface area contributed by atoms with Crippen LogP contribution >= 0.6 is 0 Å². The van der Waals surface area contributed by atoms with Crippen molar-refractivity contribution in [3.05, 3.63) is 35.9 Å². The number of likely N-dealkylation sites (tertiary alicyclic amines) is 1. The minimum atomic E-state index is 0.751. The van der Waals surface area contributed by atoms with Crippen LogP contribution in [-0.2, 0) is 6.54 Å². The molecule has 0 amide bonds. The molecular weight excluding hydrogens is 208 g/mol. The highest BCUT2D eigenvalue weighted by Gasteiger charge is 2.32. The van der Waals surface area contributed by atoms with Gasteiger partial charge in [-0.25, -0.2) is 0 Å². The van der Waals surface area contributed by atoms with Crippen LogP contribution in [-0.4, -0.2) is 30.1 Å². The second-order valence-corrected chi connectivity index (χ2v) is 5.37. The maximum atomic E-state index is 3.67. The highest BCUT2D eigenvalue weighted by atomic mass is 15.2. The van der Waals surface area contributed by atoms with Gasteiger partial charge < -0.3 is 5.32 Å². The van der Waals surface area contributed by atoms with Gasteiger partial charge in [0.25, 0.3) is 0 Å². The Kier molecular flexibility index (Phi) is 3.44. The zero-order valence-electron chi connectivity index (χ0n) is 10.4. The Labute approximate surface area is 104 Å². The van der Waals surface area contributed by atoms with E-state index in [9.17, 15) is 0 Å². The number of nitrogens with zero attached hydrogens (tertiary/aromatic N) is 1. The summed E-state index contributed by atoms with van der Waals surface area (Å²) in [6.45, 7) is 3.61. The summed E-state index contributed by atoms with van der Waals surface area (Å²) in [6.07, 6.45) is 5.45. The van der Waals surface area contributed by atoms with Gasteiger partial charge in [0.1, 0.15) is 0 Å². The van der Waals surface area contributed by atoms with Crippen LogP contribution in [0.1, 0.15) is 31.2 Å². The summed E-state index contributed by atoms with van der Waals surface area (Å²) < 4.78 is 0. The summed E-state index contributed by atoms with van der Waals surface area (Å²) >= 11 is 0. The standard InChI is InChI=1S/C15H22N2/c1-2-6-13(7-3-1)12-17-11-5-4-8-14-15(17)9-10-16-14/h1-3,6-7,14-16H,4-5,8-12H2. The van der Waals surface area contributed by atoms with E-state index in [-0.39, 0.29) is 0 Å². The first kappa shape index (κ1) is 11.2. The van der Waals surface area contributed by atoms with Gasteiger partial charge in [-0.05, 0) is 37.9 Å². The van der Waals surface area contributed by atoms with E-state index in [1.807, 2.05) is 0 Å². The Morgan fingerprint density at radius 2 is 2.00 bits per heavy atom. The molecular formula is C15H22N2. The highest BCUT2D eigenvalue weighted by Crippen LogP contribution is 2.25. The fraction of sp³-hybridized carbons (Fsp3) is 0.600. The van der Waals surface area contributed by atoms with E-state index in [1.54, 1.807) is 0 Å². The van der Waals surface area contributed by atoms with Crippen molar-refractivity contribution in [2.24, 2.45) is 0 Å². The summed E-state index contributed by atoms with van der Waals surface area (Å²) in [5.74, 6) is 0. The van der Waals surface area contributed by atoms with E-state index in [0.29, 0.717) is 0 Å². The Morgan fingerprint density at radius 3 is 2.88 bits per heavy atom. The predicted octanol–water partition coefficient (Wildman–Crippen LogP) is 2.40. The van der Waals surface area contributed by atoms with Crippen molar-refractivity contribution in [1.82, 2.24) is 10.2 Å². The van der Waals surface area contributed by atoms with E-state index >= 15 is 0 Å². The molecule has 0 aliphatic carbocycles. The first-order chi connectivity index (χ1) is 8.43. The Hall–Kier alpha value is -0.860. The number of fused-ring (bicyclic) bond motifs is 1. The third kappa shape index (κ3) is 2.53. The molecule has 0 bridgehead atoms. The molecule has 2 aliphatic rings. The summed E-state index contributed by atoms with van der Waals surface area (Å²) in [4.78, 5) is 2.70. The molecule has 0 spiro atoms. The maximum Gasteiger partial charge on any atom is 0.0264 e. The van der Waals surface area contributed by atoms with Crippen LogP contribution in [0.5, 0.6) is 0 Å². The van der Waals surface area contributed by atoms with E-state index < -0.39 is 0 Å². The molecule has 1 aromatic rings. The lowest BCUT2D eigenvalue weighted by molar-refractivity contribution is 0.186. The molecule has 0 aromatic heterocycles. The highest BCUT2D eigenvalue weighted by molar-refractivity contribution is 5.15. The van der Waals surface area contributed by atoms with Crippen molar-refractivity contribution in [3.8, 4) is 0 Å². The normalized spacial score (nSPS) is 29.9. The Morgan fingerprint density at radius 1 is 1.12 bits per heavy atom. The minimum absolute atomic E-state index is 0.751. The number of rotatable bonds is 2. The lowest BCUT2D eigenvalue weighted by Crippen LogP contribution is -2.41. The van der Waals surface area contributed by atoms with Gasteiger partial charge in [-0.1, -0.05) is 36.8 Å². The van der Waals surface area contributed by atoms with Gasteiger partial charge in [0.2, 0.25) is 0 Å². The van der Waals surface area contributed by atoms with Crippen molar-refractivity contribution >= 4 is 0 Å². The van der Waals surface area contributed by atoms with Crippen molar-refractivity contribution in [3.63, 3.8) is 0 Å². The van der Waals surface area contributed by atoms with Gasteiger partial charge in [0, 0.05) is 18.6 Å². The van der Waals surface area contributed by atoms with Crippen LogP contribution in [0.15, 0.2) is 30.3 Å². The SMILES string of the molecule is c1ccc(CN2CCCCC3NCCC32)cc1. The molecule has 3 rings (SSSR count). The van der Waals surface area contributed by atoms with Gasteiger partial charge >= 0.3 is 0 Å². The smallest absolute Gasteiger partial charge is 0.0264 e. The van der Waals surface area contributed by atoms with Crippen LogP contribution in [0.25, 0.3) is 0 Å². The van der Waals surface area contributed by atoms with Crippen molar-refractivity contribution in [1.29, 1.82) is 0 Å². The molecule has 1 aromatic carbocycles. The molecule has 2 unspecified atom stereocenters. The third-order valence-electron chi connectivity index (χ3n) is 4.22. The van der Waals surface area contributed by atoms with Crippen molar-refractivity contribution < 1.29 is 0 Å². The predicted molar refractivity (Wildman–Crippen MR) is 70.9 cm³/mol. The topological polar surface area (TPSA) is 15.3 Å². The molecule has 2 fully saturated rings. The fourth-order valence-corrected chi connectivity index (χ4v) is 3.34. The van der Waals surface area contributed by atoms with Crippen LogP contribution in [0.2, 0.25) is 0 Å². The third-order valence-corrected chi connectivity index (χ3v) is 4.22. The van der Waals surface area contributed by atoms with E-state index in [4.69, 9.17) is 0 Å². The summed E-state index contributed by atoms with van der Waals surface area (Å²) in [6, 6.07) is 12.4. The summed E-state index contributed by atoms with van der Waals surface area (Å²) in [5.41, 5.74) is 1.46. The van der Waals surface area contributed by atoms with E-state index in [1.165, 1.54) is 44.3 Å². The van der Waals surface area contributed by atoms with Gasteiger partial charge in [-0.15, -0.1) is 0 Å². The zero-order valence-corrected chi connectivity index (χ0v) is 10.4. The molecule has 2 aliphatic heterocycles. The molecule has 2 nitrogen and oxygen atoms in total. The Bertz CT molecular complexity index is 349. The molecule has 2 heteroatoms. The van der Waals surface area contributed by atoms with Crippen LogP contribution < -0.4 is 5.32 Å². The number of benzene rings is 1. The molecule has 17 heavy (non-hydrogen) atoms. The number of hydrogen-bond donors (Lipinski definition) is 1. The summed E-state index contributed by atoms with van der Waals surface area (Å²) in [7, 11) is 0. The first-order valence-electron chi connectivity index (χ1n) is 6.95. The van der Waals surface area contributed by atoms with Gasteiger partial charge in [0.05, 0.1) is 0 Å². The average molecular weight is 230 g/mol. The molecule has 92 valence electrons. The van der Waals surface area contributed by atoms with E-state index in [2.05, 4.69) is 40.5 Å². The van der Waals surface area contributed by atoms with E-state index in [0.717, 1.165) is 18.6 Å². The molecule has 0 saturated carbocycles. The van der Waals surface area contributed by atoms with Crippen LogP contribution in [0, 0.1) is 0 Å². The minimum Gasteiger partial charge on any atom is -0.312 e.